The van der Waals surface area contributed by atoms with Gasteiger partial charge in [-0.1, -0.05) is 15.9 Å². The molecule has 0 aromatic heterocycles. The maximum Gasteiger partial charge on any atom is 0.256 e. The molecule has 0 atom stereocenters. The molecule has 0 unspecified atom stereocenters. The lowest BCUT2D eigenvalue weighted by atomic mass is 10.1. The first-order valence-electron chi connectivity index (χ1n) is 7.18. The van der Waals surface area contributed by atoms with E-state index in [0.29, 0.717) is 30.7 Å². The summed E-state index contributed by atoms with van der Waals surface area (Å²) in [4.78, 5) is 14.0. The second-order valence-corrected chi connectivity index (χ2v) is 6.04. The minimum absolute atomic E-state index is 0.117. The van der Waals surface area contributed by atoms with Crippen LogP contribution in [0.1, 0.15) is 29.6 Å². The number of piperidine rings is 1. The Morgan fingerprint density at radius 2 is 2.14 bits per heavy atom. The third-order valence-corrected chi connectivity index (χ3v) is 4.08. The molecule has 1 heterocycles. The summed E-state index contributed by atoms with van der Waals surface area (Å²) in [7, 11) is 0. The van der Waals surface area contributed by atoms with Crippen LogP contribution in [0, 0.1) is 5.82 Å². The Morgan fingerprint density at radius 3 is 2.81 bits per heavy atom. The molecule has 0 aliphatic carbocycles. The van der Waals surface area contributed by atoms with Gasteiger partial charge in [-0.3, -0.25) is 4.79 Å². The highest BCUT2D eigenvalue weighted by atomic mass is 79.9. The standard InChI is InChI=1S/C15H20BrFN2O2/c16-11-2-3-14(17)13(10-11)15(20)19-7-4-12(5-8-19)21-9-1-6-18/h2-3,10,12H,1,4-9,18H2. The van der Waals surface area contributed by atoms with Crippen LogP contribution in [0.2, 0.25) is 0 Å². The normalized spacial score (nSPS) is 16.2. The van der Waals surface area contributed by atoms with Crippen molar-refractivity contribution in [3.63, 3.8) is 0 Å². The third kappa shape index (κ3) is 4.49. The van der Waals surface area contributed by atoms with Gasteiger partial charge in [-0.25, -0.2) is 4.39 Å². The zero-order chi connectivity index (χ0) is 15.2. The van der Waals surface area contributed by atoms with Crippen molar-refractivity contribution in [2.24, 2.45) is 5.73 Å². The van der Waals surface area contributed by atoms with E-state index in [-0.39, 0.29) is 17.6 Å². The fraction of sp³-hybridized carbons (Fsp3) is 0.533. The van der Waals surface area contributed by atoms with E-state index in [1.807, 2.05) is 0 Å². The Bertz CT molecular complexity index is 491. The van der Waals surface area contributed by atoms with E-state index in [4.69, 9.17) is 10.5 Å². The summed E-state index contributed by atoms with van der Waals surface area (Å²) >= 11 is 3.27. The number of rotatable bonds is 5. The van der Waals surface area contributed by atoms with E-state index in [1.165, 1.54) is 12.1 Å². The summed E-state index contributed by atoms with van der Waals surface area (Å²) < 4.78 is 20.2. The summed E-state index contributed by atoms with van der Waals surface area (Å²) in [5, 5.41) is 0. The van der Waals surface area contributed by atoms with Crippen LogP contribution in [0.4, 0.5) is 4.39 Å². The number of benzene rings is 1. The summed E-state index contributed by atoms with van der Waals surface area (Å²) in [5.74, 6) is -0.737. The first-order chi connectivity index (χ1) is 10.1. The molecule has 21 heavy (non-hydrogen) atoms. The number of hydrogen-bond donors (Lipinski definition) is 1. The predicted octanol–water partition coefficient (Wildman–Crippen LogP) is 2.56. The van der Waals surface area contributed by atoms with Crippen LogP contribution in [0.25, 0.3) is 0 Å². The number of nitrogens with zero attached hydrogens (tertiary/aromatic N) is 1. The lowest BCUT2D eigenvalue weighted by molar-refractivity contribution is 0.00833. The molecule has 1 aliphatic heterocycles. The molecule has 1 amide bonds. The van der Waals surface area contributed by atoms with Crippen molar-refractivity contribution in [1.29, 1.82) is 0 Å². The summed E-state index contributed by atoms with van der Waals surface area (Å²) in [6, 6.07) is 4.42. The highest BCUT2D eigenvalue weighted by molar-refractivity contribution is 9.10. The minimum Gasteiger partial charge on any atom is -0.378 e. The van der Waals surface area contributed by atoms with Gasteiger partial charge in [-0.15, -0.1) is 0 Å². The summed E-state index contributed by atoms with van der Waals surface area (Å²) in [6.07, 6.45) is 2.59. The van der Waals surface area contributed by atoms with Crippen LogP contribution in [-0.4, -0.2) is 43.2 Å². The zero-order valence-corrected chi connectivity index (χ0v) is 13.4. The van der Waals surface area contributed by atoms with Gasteiger partial charge in [0.25, 0.3) is 5.91 Å². The van der Waals surface area contributed by atoms with Crippen LogP contribution in [0.5, 0.6) is 0 Å². The Hall–Kier alpha value is -0.980. The maximum atomic E-state index is 13.8. The second kappa shape index (κ2) is 7.87. The third-order valence-electron chi connectivity index (χ3n) is 3.59. The van der Waals surface area contributed by atoms with Crippen molar-refractivity contribution in [3.8, 4) is 0 Å². The van der Waals surface area contributed by atoms with Crippen molar-refractivity contribution < 1.29 is 13.9 Å². The van der Waals surface area contributed by atoms with Gasteiger partial charge in [-0.2, -0.15) is 0 Å². The van der Waals surface area contributed by atoms with Gasteiger partial charge in [-0.05, 0) is 44.0 Å². The number of halogens is 2. The quantitative estimate of drug-likeness (QED) is 0.823. The first kappa shape index (κ1) is 16.4. The number of nitrogens with two attached hydrogens (primary N) is 1. The molecule has 0 bridgehead atoms. The van der Waals surface area contributed by atoms with Crippen molar-refractivity contribution in [1.82, 2.24) is 4.90 Å². The lowest BCUT2D eigenvalue weighted by Crippen LogP contribution is -2.41. The summed E-state index contributed by atoms with van der Waals surface area (Å²) in [6.45, 7) is 2.48. The van der Waals surface area contributed by atoms with E-state index >= 15 is 0 Å². The molecular weight excluding hydrogens is 339 g/mol. The predicted molar refractivity (Wildman–Crippen MR) is 82.6 cm³/mol. The van der Waals surface area contributed by atoms with Crippen LogP contribution in [0.3, 0.4) is 0 Å². The lowest BCUT2D eigenvalue weighted by Gasteiger charge is -2.32. The molecule has 4 nitrogen and oxygen atoms in total. The van der Waals surface area contributed by atoms with E-state index in [1.54, 1.807) is 11.0 Å². The number of ether oxygens (including phenoxy) is 1. The van der Waals surface area contributed by atoms with Gasteiger partial charge in [0.15, 0.2) is 0 Å². The molecule has 0 saturated carbocycles. The van der Waals surface area contributed by atoms with Crippen molar-refractivity contribution in [2.75, 3.05) is 26.2 Å². The highest BCUT2D eigenvalue weighted by Gasteiger charge is 2.25. The number of carbonyl (C=O) groups is 1. The monoisotopic (exact) mass is 358 g/mol. The van der Waals surface area contributed by atoms with Gasteiger partial charge in [0.05, 0.1) is 11.7 Å². The number of carbonyl (C=O) groups excluding carboxylic acids is 1. The molecule has 6 heteroatoms. The average Bonchev–Trinajstić information content (AvgIpc) is 2.50. The topological polar surface area (TPSA) is 55.6 Å². The van der Waals surface area contributed by atoms with Crippen LogP contribution < -0.4 is 5.73 Å². The average molecular weight is 359 g/mol. The van der Waals surface area contributed by atoms with E-state index in [0.717, 1.165) is 19.3 Å². The van der Waals surface area contributed by atoms with Crippen LogP contribution >= 0.6 is 15.9 Å². The molecule has 1 aliphatic rings. The molecule has 116 valence electrons. The number of amides is 1. The number of hydrogen-bond acceptors (Lipinski definition) is 3. The van der Waals surface area contributed by atoms with Crippen molar-refractivity contribution in [2.45, 2.75) is 25.4 Å². The second-order valence-electron chi connectivity index (χ2n) is 5.13. The molecule has 0 radical (unpaired) electrons. The Labute approximate surface area is 132 Å². The largest absolute Gasteiger partial charge is 0.378 e. The highest BCUT2D eigenvalue weighted by Crippen LogP contribution is 2.20. The Kier molecular flexibility index (Phi) is 6.14. The van der Waals surface area contributed by atoms with Gasteiger partial charge in [0, 0.05) is 24.2 Å². The molecule has 2 N–H and O–H groups in total. The van der Waals surface area contributed by atoms with Crippen molar-refractivity contribution >= 4 is 21.8 Å². The van der Waals surface area contributed by atoms with Gasteiger partial charge in [0.2, 0.25) is 0 Å². The number of likely N-dealkylation sites (tertiary alicyclic amines) is 1. The smallest absolute Gasteiger partial charge is 0.256 e. The Morgan fingerprint density at radius 1 is 1.43 bits per heavy atom. The van der Waals surface area contributed by atoms with Crippen molar-refractivity contribution in [3.05, 3.63) is 34.1 Å². The molecule has 2 rings (SSSR count). The molecule has 1 saturated heterocycles. The molecule has 1 aromatic carbocycles. The van der Waals surface area contributed by atoms with Gasteiger partial charge in [0.1, 0.15) is 5.82 Å². The fourth-order valence-electron chi connectivity index (χ4n) is 2.39. The first-order valence-corrected chi connectivity index (χ1v) is 7.97. The summed E-state index contributed by atoms with van der Waals surface area (Å²) in [5.41, 5.74) is 5.54. The van der Waals surface area contributed by atoms with Gasteiger partial charge >= 0.3 is 0 Å². The van der Waals surface area contributed by atoms with Crippen LogP contribution in [0.15, 0.2) is 22.7 Å². The maximum absolute atomic E-state index is 13.8. The van der Waals surface area contributed by atoms with E-state index in [9.17, 15) is 9.18 Å². The SMILES string of the molecule is NCCCOC1CCN(C(=O)c2cc(Br)ccc2F)CC1. The fourth-order valence-corrected chi connectivity index (χ4v) is 2.75. The Balaban J connectivity index is 1.89. The van der Waals surface area contributed by atoms with Crippen LogP contribution in [-0.2, 0) is 4.74 Å². The molecule has 0 spiro atoms. The molecule has 1 aromatic rings. The molecular formula is C15H20BrFN2O2. The zero-order valence-electron chi connectivity index (χ0n) is 11.9. The minimum atomic E-state index is -0.482. The van der Waals surface area contributed by atoms with Gasteiger partial charge < -0.3 is 15.4 Å². The van der Waals surface area contributed by atoms with E-state index in [2.05, 4.69) is 15.9 Å². The molecule has 1 fully saturated rings. The van der Waals surface area contributed by atoms with E-state index < -0.39 is 5.82 Å².